The van der Waals surface area contributed by atoms with Crippen LogP contribution < -0.4 is 5.32 Å². The average Bonchev–Trinajstić information content (AvgIpc) is 2.18. The molecule has 0 aromatic carbocycles. The molecule has 4 nitrogen and oxygen atoms in total. The molecule has 0 fully saturated rings. The van der Waals surface area contributed by atoms with E-state index < -0.39 is 18.3 Å². The van der Waals surface area contributed by atoms with Gasteiger partial charge in [0.05, 0.1) is 6.04 Å². The first-order valence-corrected chi connectivity index (χ1v) is 5.12. The van der Waals surface area contributed by atoms with Crippen LogP contribution in [0.15, 0.2) is 12.2 Å². The summed E-state index contributed by atoms with van der Waals surface area (Å²) >= 11 is 0. The van der Waals surface area contributed by atoms with E-state index in [2.05, 4.69) is 12.2 Å². The summed E-state index contributed by atoms with van der Waals surface area (Å²) < 4.78 is 0. The number of rotatable bonds is 4. The molecule has 1 aliphatic rings. The third kappa shape index (κ3) is 2.78. The first-order valence-electron chi connectivity index (χ1n) is 5.12. The number of hydrogen-bond donors (Lipinski definition) is 4. The van der Waals surface area contributed by atoms with Crippen molar-refractivity contribution in [3.8, 4) is 0 Å². The molecule has 4 atom stereocenters. The molecule has 1 rings (SSSR count). The Morgan fingerprint density at radius 2 is 1.86 bits per heavy atom. The Morgan fingerprint density at radius 1 is 1.14 bits per heavy atom. The molecule has 14 heavy (non-hydrogen) atoms. The Bertz CT molecular complexity index is 196. The molecule has 4 heteroatoms. The number of hydrogen-bond acceptors (Lipinski definition) is 4. The molecule has 0 amide bonds. The topological polar surface area (TPSA) is 72.7 Å². The summed E-state index contributed by atoms with van der Waals surface area (Å²) in [5, 5.41) is 31.3. The van der Waals surface area contributed by atoms with Gasteiger partial charge in [-0.2, -0.15) is 0 Å². The van der Waals surface area contributed by atoms with Gasteiger partial charge in [-0.05, 0) is 13.0 Å². The smallest absolute Gasteiger partial charge is 0.111 e. The third-order valence-corrected chi connectivity index (χ3v) is 2.49. The van der Waals surface area contributed by atoms with Crippen molar-refractivity contribution in [1.29, 1.82) is 0 Å². The van der Waals surface area contributed by atoms with E-state index in [1.165, 1.54) is 6.08 Å². The lowest BCUT2D eigenvalue weighted by molar-refractivity contribution is -0.0564. The first kappa shape index (κ1) is 11.7. The molecule has 0 aromatic rings. The predicted octanol–water partition coefficient (Wildman–Crippen LogP) is -0.603. The lowest BCUT2D eigenvalue weighted by Gasteiger charge is -2.31. The van der Waals surface area contributed by atoms with Crippen LogP contribution in [-0.2, 0) is 0 Å². The van der Waals surface area contributed by atoms with Crippen molar-refractivity contribution in [2.45, 2.75) is 44.1 Å². The lowest BCUT2D eigenvalue weighted by Crippen LogP contribution is -2.52. The van der Waals surface area contributed by atoms with Crippen LogP contribution in [0.2, 0.25) is 0 Å². The van der Waals surface area contributed by atoms with E-state index in [1.54, 1.807) is 6.08 Å². The monoisotopic (exact) mass is 201 g/mol. The van der Waals surface area contributed by atoms with Gasteiger partial charge < -0.3 is 20.6 Å². The van der Waals surface area contributed by atoms with Crippen LogP contribution in [0.3, 0.4) is 0 Å². The zero-order valence-corrected chi connectivity index (χ0v) is 8.43. The van der Waals surface area contributed by atoms with Crippen LogP contribution in [0.1, 0.15) is 19.8 Å². The van der Waals surface area contributed by atoms with Crippen molar-refractivity contribution in [2.24, 2.45) is 0 Å². The summed E-state index contributed by atoms with van der Waals surface area (Å²) in [4.78, 5) is 0. The Hall–Kier alpha value is -0.420. The largest absolute Gasteiger partial charge is 0.388 e. The van der Waals surface area contributed by atoms with Crippen LogP contribution in [0.4, 0.5) is 0 Å². The Morgan fingerprint density at radius 3 is 2.50 bits per heavy atom. The second-order valence-electron chi connectivity index (χ2n) is 3.69. The number of aliphatic hydroxyl groups is 3. The van der Waals surface area contributed by atoms with Gasteiger partial charge in [-0.3, -0.25) is 0 Å². The Labute approximate surface area is 84.3 Å². The molecule has 82 valence electrons. The predicted molar refractivity (Wildman–Crippen MR) is 53.9 cm³/mol. The van der Waals surface area contributed by atoms with Crippen molar-refractivity contribution >= 4 is 0 Å². The van der Waals surface area contributed by atoms with E-state index >= 15 is 0 Å². The van der Waals surface area contributed by atoms with Gasteiger partial charge in [-0.1, -0.05) is 25.5 Å². The minimum absolute atomic E-state index is 0.250. The molecule has 0 saturated heterocycles. The minimum Gasteiger partial charge on any atom is -0.388 e. The molecule has 0 spiro atoms. The van der Waals surface area contributed by atoms with Gasteiger partial charge in [-0.15, -0.1) is 0 Å². The third-order valence-electron chi connectivity index (χ3n) is 2.49. The van der Waals surface area contributed by atoms with E-state index in [0.717, 1.165) is 19.4 Å². The quantitative estimate of drug-likeness (QED) is 0.362. The maximum absolute atomic E-state index is 9.58. The highest BCUT2D eigenvalue weighted by atomic mass is 16.4. The summed E-state index contributed by atoms with van der Waals surface area (Å²) in [7, 11) is 0. The zero-order valence-electron chi connectivity index (χ0n) is 8.43. The highest BCUT2D eigenvalue weighted by Gasteiger charge is 2.32. The van der Waals surface area contributed by atoms with Crippen molar-refractivity contribution in [1.82, 2.24) is 5.32 Å². The summed E-state index contributed by atoms with van der Waals surface area (Å²) in [6.07, 6.45) is 2.39. The second-order valence-corrected chi connectivity index (χ2v) is 3.69. The van der Waals surface area contributed by atoms with Crippen molar-refractivity contribution in [2.75, 3.05) is 6.54 Å². The highest BCUT2D eigenvalue weighted by Crippen LogP contribution is 2.13. The fourth-order valence-corrected chi connectivity index (χ4v) is 1.51. The van der Waals surface area contributed by atoms with E-state index in [0.29, 0.717) is 0 Å². The van der Waals surface area contributed by atoms with Gasteiger partial charge in [0.25, 0.3) is 0 Å². The van der Waals surface area contributed by atoms with Gasteiger partial charge >= 0.3 is 0 Å². The van der Waals surface area contributed by atoms with Crippen LogP contribution in [0, 0.1) is 0 Å². The van der Waals surface area contributed by atoms with E-state index in [9.17, 15) is 15.3 Å². The van der Waals surface area contributed by atoms with Crippen molar-refractivity contribution < 1.29 is 15.3 Å². The zero-order chi connectivity index (χ0) is 10.6. The highest BCUT2D eigenvalue weighted by molar-refractivity contribution is 5.10. The lowest BCUT2D eigenvalue weighted by atomic mass is 9.94. The van der Waals surface area contributed by atoms with Crippen LogP contribution >= 0.6 is 0 Å². The molecule has 1 aliphatic carbocycles. The molecule has 0 saturated carbocycles. The summed E-state index contributed by atoms with van der Waals surface area (Å²) in [6.45, 7) is 2.90. The first-order chi connectivity index (χ1) is 6.66. The van der Waals surface area contributed by atoms with Crippen LogP contribution in [0.5, 0.6) is 0 Å². The van der Waals surface area contributed by atoms with Crippen LogP contribution in [-0.4, -0.2) is 46.2 Å². The molecule has 0 radical (unpaired) electrons. The van der Waals surface area contributed by atoms with Crippen molar-refractivity contribution in [3.05, 3.63) is 12.2 Å². The second kappa shape index (κ2) is 5.46. The van der Waals surface area contributed by atoms with E-state index in [-0.39, 0.29) is 6.04 Å². The van der Waals surface area contributed by atoms with Gasteiger partial charge in [0, 0.05) is 0 Å². The van der Waals surface area contributed by atoms with Crippen LogP contribution in [0.25, 0.3) is 0 Å². The Balaban J connectivity index is 2.41. The fourth-order valence-electron chi connectivity index (χ4n) is 1.51. The molecule has 0 aromatic heterocycles. The molecule has 4 N–H and O–H groups in total. The normalized spacial score (nSPS) is 37.4. The molecule has 0 aliphatic heterocycles. The molecular weight excluding hydrogens is 182 g/mol. The Kier molecular flexibility index (Phi) is 4.54. The molecule has 0 heterocycles. The number of nitrogens with one attached hydrogen (secondary N) is 1. The maximum Gasteiger partial charge on any atom is 0.111 e. The SMILES string of the molecule is CCCCN[C@H]1C=C[C@@H](O)[C@@H](O)[C@@H]1O. The summed E-state index contributed by atoms with van der Waals surface area (Å²) in [5.41, 5.74) is 0. The van der Waals surface area contributed by atoms with Gasteiger partial charge in [0.1, 0.15) is 18.3 Å². The summed E-state index contributed by atoms with van der Waals surface area (Å²) in [6, 6.07) is -0.250. The van der Waals surface area contributed by atoms with Gasteiger partial charge in [0.2, 0.25) is 0 Å². The maximum atomic E-state index is 9.58. The standard InChI is InChI=1S/C10H19NO3/c1-2-3-6-11-7-4-5-8(12)10(14)9(7)13/h4-5,7-14H,2-3,6H2,1H3/t7-,8+,9+,10+/m0/s1. The van der Waals surface area contributed by atoms with E-state index in [4.69, 9.17) is 0 Å². The summed E-state index contributed by atoms with van der Waals surface area (Å²) in [5.74, 6) is 0. The van der Waals surface area contributed by atoms with Gasteiger partial charge in [0.15, 0.2) is 0 Å². The van der Waals surface area contributed by atoms with Gasteiger partial charge in [-0.25, -0.2) is 0 Å². The minimum atomic E-state index is -1.08. The fraction of sp³-hybridized carbons (Fsp3) is 0.800. The number of unbranched alkanes of at least 4 members (excludes halogenated alkanes) is 1. The molecule has 0 bridgehead atoms. The molecular formula is C10H19NO3. The number of aliphatic hydroxyl groups excluding tert-OH is 3. The van der Waals surface area contributed by atoms with Crippen molar-refractivity contribution in [3.63, 3.8) is 0 Å². The molecule has 0 unspecified atom stereocenters. The average molecular weight is 201 g/mol. The van der Waals surface area contributed by atoms with E-state index in [1.807, 2.05) is 0 Å².